The smallest absolute Gasteiger partial charge is 0.269 e. The van der Waals surface area contributed by atoms with Gasteiger partial charge >= 0.3 is 0 Å². The molecule has 0 bridgehead atoms. The summed E-state index contributed by atoms with van der Waals surface area (Å²) < 4.78 is 6.79. The first-order valence-electron chi connectivity index (χ1n) is 7.40. The van der Waals surface area contributed by atoms with E-state index in [1.807, 2.05) is 19.1 Å². The van der Waals surface area contributed by atoms with Crippen molar-refractivity contribution in [1.82, 2.24) is 14.8 Å². The highest BCUT2D eigenvalue weighted by atomic mass is 16.5. The van der Waals surface area contributed by atoms with Crippen LogP contribution >= 0.6 is 0 Å². The Balaban J connectivity index is 2.55. The molecule has 4 N–H and O–H groups in total. The molecule has 3 rings (SSSR count). The molecule has 2 aromatic heterocycles. The predicted molar refractivity (Wildman–Crippen MR) is 92.9 cm³/mol. The second-order valence-electron chi connectivity index (χ2n) is 5.53. The van der Waals surface area contributed by atoms with Crippen molar-refractivity contribution in [3.05, 3.63) is 35.2 Å². The normalized spacial score (nSPS) is 10.6. The van der Waals surface area contributed by atoms with Crippen LogP contribution in [-0.2, 0) is 7.05 Å². The zero-order valence-corrected chi connectivity index (χ0v) is 14.0. The van der Waals surface area contributed by atoms with Crippen molar-refractivity contribution in [1.29, 1.82) is 5.26 Å². The van der Waals surface area contributed by atoms with E-state index in [0.29, 0.717) is 22.3 Å². The van der Waals surface area contributed by atoms with E-state index < -0.39 is 5.91 Å². The molecule has 2 heterocycles. The summed E-state index contributed by atoms with van der Waals surface area (Å²) in [6.07, 6.45) is 0. The summed E-state index contributed by atoms with van der Waals surface area (Å²) in [5.74, 6) is -0.0919. The number of anilines is 1. The van der Waals surface area contributed by atoms with Crippen LogP contribution in [0.3, 0.4) is 0 Å². The van der Waals surface area contributed by atoms with Gasteiger partial charge < -0.3 is 16.2 Å². The number of carbonyl (C=O) groups is 1. The monoisotopic (exact) mass is 336 g/mol. The highest BCUT2D eigenvalue weighted by Gasteiger charge is 2.24. The van der Waals surface area contributed by atoms with Gasteiger partial charge in [-0.3, -0.25) is 4.79 Å². The van der Waals surface area contributed by atoms with E-state index in [0.717, 1.165) is 11.1 Å². The minimum absolute atomic E-state index is 0.0581. The molecule has 8 heteroatoms. The van der Waals surface area contributed by atoms with Crippen molar-refractivity contribution in [2.75, 3.05) is 12.8 Å². The topological polar surface area (TPSA) is 133 Å². The highest BCUT2D eigenvalue weighted by Crippen LogP contribution is 2.40. The van der Waals surface area contributed by atoms with Gasteiger partial charge in [0, 0.05) is 12.6 Å². The summed E-state index contributed by atoms with van der Waals surface area (Å²) in [6.45, 7) is 1.87. The van der Waals surface area contributed by atoms with Gasteiger partial charge in [-0.25, -0.2) is 9.67 Å². The van der Waals surface area contributed by atoms with Gasteiger partial charge in [0.1, 0.15) is 11.8 Å². The lowest BCUT2D eigenvalue weighted by Gasteiger charge is -2.15. The summed E-state index contributed by atoms with van der Waals surface area (Å²) in [4.78, 5) is 16.0. The molecular formula is C17H16N6O2. The SMILES string of the molecule is COc1cccc(-c2c(N)c(C(N)=O)nc3c2c(C#N)nn3C)c1C. The van der Waals surface area contributed by atoms with Crippen molar-refractivity contribution in [3.63, 3.8) is 0 Å². The molecule has 25 heavy (non-hydrogen) atoms. The molecule has 0 unspecified atom stereocenters. The van der Waals surface area contributed by atoms with Gasteiger partial charge in [0.05, 0.1) is 18.2 Å². The summed E-state index contributed by atoms with van der Waals surface area (Å²) in [5, 5.41) is 14.1. The fourth-order valence-corrected chi connectivity index (χ4v) is 2.95. The zero-order valence-electron chi connectivity index (χ0n) is 14.0. The van der Waals surface area contributed by atoms with Crippen LogP contribution in [0.5, 0.6) is 5.75 Å². The maximum absolute atomic E-state index is 11.8. The number of carbonyl (C=O) groups excluding carboxylic acids is 1. The second kappa shape index (κ2) is 5.79. The van der Waals surface area contributed by atoms with Crippen LogP contribution < -0.4 is 16.2 Å². The molecule has 0 atom stereocenters. The zero-order chi connectivity index (χ0) is 18.3. The van der Waals surface area contributed by atoms with Gasteiger partial charge in [-0.1, -0.05) is 12.1 Å². The Morgan fingerprint density at radius 3 is 2.72 bits per heavy atom. The minimum atomic E-state index is -0.749. The molecule has 3 aromatic rings. The van der Waals surface area contributed by atoms with Crippen LogP contribution in [-0.4, -0.2) is 27.8 Å². The number of hydrogen-bond donors (Lipinski definition) is 2. The number of nitriles is 1. The molecule has 126 valence electrons. The minimum Gasteiger partial charge on any atom is -0.496 e. The first-order valence-corrected chi connectivity index (χ1v) is 7.40. The Labute approximate surface area is 143 Å². The third-order valence-corrected chi connectivity index (χ3v) is 4.12. The fraction of sp³-hybridized carbons (Fsp3) is 0.176. The van der Waals surface area contributed by atoms with Crippen LogP contribution in [0.25, 0.3) is 22.2 Å². The van der Waals surface area contributed by atoms with E-state index in [-0.39, 0.29) is 17.1 Å². The van der Waals surface area contributed by atoms with Crippen molar-refractivity contribution in [3.8, 4) is 22.9 Å². The lowest BCUT2D eigenvalue weighted by molar-refractivity contribution is 0.0997. The molecule has 0 spiro atoms. The van der Waals surface area contributed by atoms with E-state index in [4.69, 9.17) is 16.2 Å². The van der Waals surface area contributed by atoms with Crippen LogP contribution in [0.15, 0.2) is 18.2 Å². The molecule has 0 radical (unpaired) electrons. The van der Waals surface area contributed by atoms with Crippen LogP contribution in [0.2, 0.25) is 0 Å². The quantitative estimate of drug-likeness (QED) is 0.744. The van der Waals surface area contributed by atoms with Crippen LogP contribution in [0.1, 0.15) is 21.7 Å². The molecule has 0 fully saturated rings. The number of ether oxygens (including phenoxy) is 1. The number of rotatable bonds is 3. The number of nitrogens with zero attached hydrogens (tertiary/aromatic N) is 4. The molecule has 0 aliphatic rings. The Bertz CT molecular complexity index is 1060. The number of hydrogen-bond acceptors (Lipinski definition) is 6. The molecule has 1 amide bonds. The lowest BCUT2D eigenvalue weighted by atomic mass is 9.94. The van der Waals surface area contributed by atoms with Crippen LogP contribution in [0, 0.1) is 18.3 Å². The number of nitrogens with two attached hydrogens (primary N) is 2. The van der Waals surface area contributed by atoms with E-state index in [9.17, 15) is 10.1 Å². The maximum Gasteiger partial charge on any atom is 0.269 e. The summed E-state index contributed by atoms with van der Waals surface area (Å²) in [6, 6.07) is 7.51. The van der Waals surface area contributed by atoms with Crippen molar-refractivity contribution >= 4 is 22.6 Å². The Hall–Kier alpha value is -3.60. The summed E-state index contributed by atoms with van der Waals surface area (Å²) in [5.41, 5.74) is 14.3. The summed E-state index contributed by atoms with van der Waals surface area (Å²) in [7, 11) is 3.20. The molecule has 8 nitrogen and oxygen atoms in total. The van der Waals surface area contributed by atoms with E-state index >= 15 is 0 Å². The Kier molecular flexibility index (Phi) is 3.77. The van der Waals surface area contributed by atoms with Gasteiger partial charge in [-0.05, 0) is 24.1 Å². The molecule has 0 aliphatic carbocycles. The van der Waals surface area contributed by atoms with Gasteiger partial charge in [0.15, 0.2) is 17.0 Å². The lowest BCUT2D eigenvalue weighted by Crippen LogP contribution is -2.17. The third-order valence-electron chi connectivity index (χ3n) is 4.12. The molecular weight excluding hydrogens is 320 g/mol. The number of aryl methyl sites for hydroxylation is 1. The number of primary amides is 1. The number of benzene rings is 1. The van der Waals surface area contributed by atoms with Gasteiger partial charge in [0.25, 0.3) is 5.91 Å². The molecule has 0 saturated carbocycles. The Morgan fingerprint density at radius 1 is 1.40 bits per heavy atom. The van der Waals surface area contributed by atoms with E-state index in [1.165, 1.54) is 4.68 Å². The average molecular weight is 336 g/mol. The number of fused-ring (bicyclic) bond motifs is 1. The summed E-state index contributed by atoms with van der Waals surface area (Å²) >= 11 is 0. The number of nitrogen functional groups attached to an aromatic ring is 1. The molecule has 0 aliphatic heterocycles. The van der Waals surface area contributed by atoms with Crippen molar-refractivity contribution in [2.45, 2.75) is 6.92 Å². The number of amides is 1. The van der Waals surface area contributed by atoms with Gasteiger partial charge in [-0.15, -0.1) is 0 Å². The first-order chi connectivity index (χ1) is 11.9. The van der Waals surface area contributed by atoms with Crippen molar-refractivity contribution in [2.24, 2.45) is 12.8 Å². The standard InChI is InChI=1S/C17H16N6O2/c1-8-9(5-4-6-11(8)25-3)12-13-10(7-18)22-23(2)17(13)21-15(14(12)19)16(20)24/h4-6H,19H2,1-3H3,(H2,20,24). The van der Waals surface area contributed by atoms with E-state index in [1.54, 1.807) is 20.2 Å². The fourth-order valence-electron chi connectivity index (χ4n) is 2.95. The highest BCUT2D eigenvalue weighted by molar-refractivity contribution is 6.09. The van der Waals surface area contributed by atoms with Gasteiger partial charge in [-0.2, -0.15) is 10.4 Å². The van der Waals surface area contributed by atoms with Gasteiger partial charge in [0.2, 0.25) is 0 Å². The molecule has 1 aromatic carbocycles. The van der Waals surface area contributed by atoms with Crippen LogP contribution in [0.4, 0.5) is 5.69 Å². The predicted octanol–water partition coefficient (Wildman–Crippen LogP) is 1.51. The Morgan fingerprint density at radius 2 is 2.12 bits per heavy atom. The third kappa shape index (κ3) is 2.33. The largest absolute Gasteiger partial charge is 0.496 e. The second-order valence-corrected chi connectivity index (χ2v) is 5.53. The number of pyridine rings is 1. The van der Waals surface area contributed by atoms with E-state index in [2.05, 4.69) is 16.2 Å². The first kappa shape index (κ1) is 16.3. The number of methoxy groups -OCH3 is 1. The number of aromatic nitrogens is 3. The average Bonchev–Trinajstić information content (AvgIpc) is 2.90. The molecule has 0 saturated heterocycles. The maximum atomic E-state index is 11.8. The van der Waals surface area contributed by atoms with Crippen molar-refractivity contribution < 1.29 is 9.53 Å².